The Kier molecular flexibility index (Phi) is 6.14. The first-order chi connectivity index (χ1) is 13.5. The monoisotopic (exact) mass is 410 g/mol. The maximum Gasteiger partial charge on any atom is 0.270 e. The summed E-state index contributed by atoms with van der Waals surface area (Å²) in [6.07, 6.45) is 0. The molecule has 6 nitrogen and oxygen atoms in total. The molecule has 0 atom stereocenters. The van der Waals surface area contributed by atoms with Crippen molar-refractivity contribution in [3.63, 3.8) is 0 Å². The van der Waals surface area contributed by atoms with Crippen LogP contribution in [0.4, 0.5) is 5.69 Å². The minimum absolute atomic E-state index is 0.0464. The summed E-state index contributed by atoms with van der Waals surface area (Å²) in [7, 11) is 0. The molecule has 0 saturated carbocycles. The number of hydrogen-bond acceptors (Lipinski definition) is 5. The number of thioether (sulfide) groups is 1. The normalized spacial score (nSPS) is 10.3. The van der Waals surface area contributed by atoms with Gasteiger partial charge in [0.1, 0.15) is 11.6 Å². The zero-order chi connectivity index (χ0) is 20.1. The summed E-state index contributed by atoms with van der Waals surface area (Å²) in [6.45, 7) is 1.95. The second-order valence-electron chi connectivity index (χ2n) is 5.92. The number of anilines is 1. The van der Waals surface area contributed by atoms with Gasteiger partial charge in [0.15, 0.2) is 5.16 Å². The van der Waals surface area contributed by atoms with Crippen molar-refractivity contribution in [2.24, 2.45) is 0 Å². The van der Waals surface area contributed by atoms with Gasteiger partial charge in [-0.15, -0.1) is 0 Å². The summed E-state index contributed by atoms with van der Waals surface area (Å²) in [5.74, 6) is -0.207. The lowest BCUT2D eigenvalue weighted by Crippen LogP contribution is -2.17. The number of aryl methyl sites for hydroxylation is 1. The third-order valence-corrected chi connectivity index (χ3v) is 4.93. The molecule has 8 heteroatoms. The number of H-pyrrole nitrogens is 1. The molecule has 3 rings (SSSR count). The Balaban J connectivity index is 1.78. The van der Waals surface area contributed by atoms with Gasteiger partial charge in [-0.3, -0.25) is 9.59 Å². The van der Waals surface area contributed by atoms with E-state index in [1.165, 1.54) is 0 Å². The fourth-order valence-electron chi connectivity index (χ4n) is 2.41. The second-order valence-corrected chi connectivity index (χ2v) is 7.32. The van der Waals surface area contributed by atoms with Crippen molar-refractivity contribution in [1.29, 1.82) is 5.26 Å². The predicted octanol–water partition coefficient (Wildman–Crippen LogP) is 4.00. The molecular formula is C20H15ClN4O2S. The number of hydrogen-bond donors (Lipinski definition) is 2. The number of aromatic nitrogens is 2. The predicted molar refractivity (Wildman–Crippen MR) is 111 cm³/mol. The van der Waals surface area contributed by atoms with Crippen LogP contribution in [0.1, 0.15) is 11.1 Å². The molecule has 2 aromatic carbocycles. The van der Waals surface area contributed by atoms with E-state index in [0.717, 1.165) is 17.3 Å². The highest BCUT2D eigenvalue weighted by Gasteiger charge is 2.14. The zero-order valence-corrected chi connectivity index (χ0v) is 16.4. The molecule has 0 aliphatic carbocycles. The summed E-state index contributed by atoms with van der Waals surface area (Å²) >= 11 is 6.90. The van der Waals surface area contributed by atoms with Gasteiger partial charge < -0.3 is 10.3 Å². The third kappa shape index (κ3) is 4.80. The maximum absolute atomic E-state index is 12.3. The number of halogens is 1. The lowest BCUT2D eigenvalue weighted by atomic mass is 10.1. The number of benzene rings is 2. The highest BCUT2D eigenvalue weighted by Crippen LogP contribution is 2.22. The van der Waals surface area contributed by atoms with Crippen LogP contribution in [-0.4, -0.2) is 21.6 Å². The molecule has 0 bridgehead atoms. The summed E-state index contributed by atoms with van der Waals surface area (Å²) in [5.41, 5.74) is 2.05. The maximum atomic E-state index is 12.3. The van der Waals surface area contributed by atoms with Crippen molar-refractivity contribution in [2.75, 3.05) is 11.1 Å². The average molecular weight is 411 g/mol. The second kappa shape index (κ2) is 8.74. The van der Waals surface area contributed by atoms with Gasteiger partial charge in [0.05, 0.1) is 11.4 Å². The van der Waals surface area contributed by atoms with Gasteiger partial charge in [0.2, 0.25) is 5.91 Å². The van der Waals surface area contributed by atoms with Crippen LogP contribution < -0.4 is 10.9 Å². The SMILES string of the molecule is Cc1ccc(-c2nc(SCC(=O)Nc3ccc(Cl)cc3)[nH]c(=O)c2C#N)cc1. The molecule has 0 unspecified atom stereocenters. The summed E-state index contributed by atoms with van der Waals surface area (Å²) in [4.78, 5) is 31.3. The minimum atomic E-state index is -0.534. The van der Waals surface area contributed by atoms with Gasteiger partial charge in [0, 0.05) is 16.3 Å². The number of nitrogens with one attached hydrogen (secondary N) is 2. The fourth-order valence-corrected chi connectivity index (χ4v) is 3.20. The van der Waals surface area contributed by atoms with Crippen LogP contribution >= 0.6 is 23.4 Å². The van der Waals surface area contributed by atoms with E-state index in [2.05, 4.69) is 15.3 Å². The van der Waals surface area contributed by atoms with Gasteiger partial charge >= 0.3 is 0 Å². The van der Waals surface area contributed by atoms with Crippen molar-refractivity contribution >= 4 is 35.0 Å². The molecule has 0 fully saturated rings. The largest absolute Gasteiger partial charge is 0.325 e. The summed E-state index contributed by atoms with van der Waals surface area (Å²) in [5, 5.41) is 12.9. The number of amides is 1. The van der Waals surface area contributed by atoms with Crippen LogP contribution in [0, 0.1) is 18.3 Å². The molecule has 1 aromatic heterocycles. The Bertz CT molecular complexity index is 1100. The molecule has 0 radical (unpaired) electrons. The number of nitriles is 1. The van der Waals surface area contributed by atoms with Crippen molar-refractivity contribution in [3.8, 4) is 17.3 Å². The molecule has 28 heavy (non-hydrogen) atoms. The van der Waals surface area contributed by atoms with E-state index in [1.807, 2.05) is 25.1 Å². The van der Waals surface area contributed by atoms with E-state index in [4.69, 9.17) is 11.6 Å². The highest BCUT2D eigenvalue weighted by atomic mass is 35.5. The number of rotatable bonds is 5. The van der Waals surface area contributed by atoms with Crippen LogP contribution in [0.3, 0.4) is 0 Å². The van der Waals surface area contributed by atoms with Crippen LogP contribution in [0.2, 0.25) is 5.02 Å². The van der Waals surface area contributed by atoms with E-state index < -0.39 is 5.56 Å². The Hall–Kier alpha value is -3.08. The smallest absolute Gasteiger partial charge is 0.270 e. The first-order valence-corrected chi connectivity index (χ1v) is 9.62. The lowest BCUT2D eigenvalue weighted by molar-refractivity contribution is -0.113. The Morgan fingerprint density at radius 3 is 2.54 bits per heavy atom. The quantitative estimate of drug-likeness (QED) is 0.489. The number of carbonyl (C=O) groups excluding carboxylic acids is 1. The first kappa shape index (κ1) is 19.7. The topological polar surface area (TPSA) is 98.6 Å². The van der Waals surface area contributed by atoms with E-state index >= 15 is 0 Å². The number of nitrogens with zero attached hydrogens (tertiary/aromatic N) is 2. The molecule has 1 amide bonds. The molecule has 0 spiro atoms. The van der Waals surface area contributed by atoms with Gasteiger partial charge in [-0.1, -0.05) is 53.2 Å². The number of carbonyl (C=O) groups is 1. The van der Waals surface area contributed by atoms with Crippen molar-refractivity contribution in [2.45, 2.75) is 12.1 Å². The van der Waals surface area contributed by atoms with Crippen LogP contribution in [0.5, 0.6) is 0 Å². The van der Waals surface area contributed by atoms with Gasteiger partial charge in [-0.2, -0.15) is 5.26 Å². The van der Waals surface area contributed by atoms with Crippen molar-refractivity contribution < 1.29 is 4.79 Å². The van der Waals surface area contributed by atoms with Gasteiger partial charge in [-0.05, 0) is 31.2 Å². The van der Waals surface area contributed by atoms with Crippen LogP contribution in [0.15, 0.2) is 58.5 Å². The third-order valence-electron chi connectivity index (χ3n) is 3.80. The molecule has 1 heterocycles. The lowest BCUT2D eigenvalue weighted by Gasteiger charge is -2.08. The van der Waals surface area contributed by atoms with Gasteiger partial charge in [0.25, 0.3) is 5.56 Å². The Labute approximate surface area is 170 Å². The summed E-state index contributed by atoms with van der Waals surface area (Å²) < 4.78 is 0. The molecule has 3 aromatic rings. The molecule has 0 saturated heterocycles. The molecule has 0 aliphatic heterocycles. The van der Waals surface area contributed by atoms with Crippen molar-refractivity contribution in [1.82, 2.24) is 9.97 Å². The van der Waals surface area contributed by atoms with E-state index in [0.29, 0.717) is 22.0 Å². The van der Waals surface area contributed by atoms with E-state index in [9.17, 15) is 14.9 Å². The standard InChI is InChI=1S/C20H15ClN4O2S/c1-12-2-4-13(5-3-12)18-16(10-22)19(27)25-20(24-18)28-11-17(26)23-15-8-6-14(21)7-9-15/h2-9H,11H2,1H3,(H,23,26)(H,24,25,27). The van der Waals surface area contributed by atoms with E-state index in [-0.39, 0.29) is 22.4 Å². The van der Waals surface area contributed by atoms with Gasteiger partial charge in [-0.25, -0.2) is 4.98 Å². The van der Waals surface area contributed by atoms with E-state index in [1.54, 1.807) is 36.4 Å². The molecular weight excluding hydrogens is 396 g/mol. The molecule has 0 aliphatic rings. The highest BCUT2D eigenvalue weighted by molar-refractivity contribution is 7.99. The first-order valence-electron chi connectivity index (χ1n) is 8.26. The zero-order valence-electron chi connectivity index (χ0n) is 14.8. The molecule has 2 N–H and O–H groups in total. The average Bonchev–Trinajstić information content (AvgIpc) is 2.68. The van der Waals surface area contributed by atoms with Crippen LogP contribution in [-0.2, 0) is 4.79 Å². The molecule has 140 valence electrons. The Morgan fingerprint density at radius 1 is 1.21 bits per heavy atom. The fraction of sp³-hybridized carbons (Fsp3) is 0.100. The van der Waals surface area contributed by atoms with Crippen molar-refractivity contribution in [3.05, 3.63) is 75.0 Å². The van der Waals surface area contributed by atoms with Crippen LogP contribution in [0.25, 0.3) is 11.3 Å². The minimum Gasteiger partial charge on any atom is -0.325 e. The number of aromatic amines is 1. The Morgan fingerprint density at radius 2 is 1.89 bits per heavy atom. The summed E-state index contributed by atoms with van der Waals surface area (Å²) in [6, 6.07) is 16.0.